The summed E-state index contributed by atoms with van der Waals surface area (Å²) in [6, 6.07) is 14.4. The molecule has 0 aliphatic heterocycles. The van der Waals surface area contributed by atoms with Gasteiger partial charge in [0.15, 0.2) is 0 Å². The lowest BCUT2D eigenvalue weighted by Crippen LogP contribution is -2.47. The summed E-state index contributed by atoms with van der Waals surface area (Å²) in [5.41, 5.74) is 2.56. The van der Waals surface area contributed by atoms with Gasteiger partial charge in [0.25, 0.3) is 5.91 Å². The van der Waals surface area contributed by atoms with Crippen LogP contribution >= 0.6 is 15.9 Å². The Kier molecular flexibility index (Phi) is 6.99. The van der Waals surface area contributed by atoms with E-state index >= 15 is 0 Å². The maximum absolute atomic E-state index is 12.8. The molecule has 2 aromatic carbocycles. The predicted octanol–water partition coefficient (Wildman–Crippen LogP) is 3.79. The number of hydrogen-bond donors (Lipinski definition) is 2. The summed E-state index contributed by atoms with van der Waals surface area (Å²) in [4.78, 5) is 29.5. The van der Waals surface area contributed by atoms with Crippen LogP contribution in [-0.4, -0.2) is 32.6 Å². The summed E-state index contributed by atoms with van der Waals surface area (Å²) in [7, 11) is 0. The van der Waals surface area contributed by atoms with Crippen molar-refractivity contribution in [3.63, 3.8) is 0 Å². The monoisotopic (exact) mass is 469 g/mol. The van der Waals surface area contributed by atoms with Gasteiger partial charge in [-0.1, -0.05) is 59.6 Å². The number of nitrogens with one attached hydrogen (secondary N) is 2. The number of hydrogen-bond acceptors (Lipinski definition) is 4. The molecular weight excluding hydrogens is 446 g/mol. The van der Waals surface area contributed by atoms with Crippen molar-refractivity contribution in [2.75, 3.05) is 5.32 Å². The first-order valence-corrected chi connectivity index (χ1v) is 10.4. The van der Waals surface area contributed by atoms with E-state index in [1.807, 2.05) is 57.2 Å². The molecule has 8 heteroatoms. The standard InChI is InChI=1S/C22H24BrN5O2/c1-14(2)19(25-20(29)17-6-4-5-15(3)11-17)21(30)26-22-24-13-28(27-22)12-16-7-9-18(23)10-8-16/h4-11,13-14,19H,12H2,1-3H3,(H,25,29)(H,26,27,30). The molecule has 2 amide bonds. The molecule has 0 radical (unpaired) electrons. The van der Waals surface area contributed by atoms with E-state index in [1.165, 1.54) is 0 Å². The molecule has 0 fully saturated rings. The molecule has 0 aliphatic rings. The van der Waals surface area contributed by atoms with E-state index in [4.69, 9.17) is 0 Å². The Hall–Kier alpha value is -3.00. The van der Waals surface area contributed by atoms with Crippen LogP contribution in [-0.2, 0) is 11.3 Å². The van der Waals surface area contributed by atoms with Crippen molar-refractivity contribution in [3.05, 3.63) is 76.0 Å². The SMILES string of the molecule is Cc1cccc(C(=O)NC(C(=O)Nc2ncn(Cc3ccc(Br)cc3)n2)C(C)C)c1. The number of amides is 2. The van der Waals surface area contributed by atoms with Crippen LogP contribution in [0.4, 0.5) is 5.95 Å². The highest BCUT2D eigenvalue weighted by Crippen LogP contribution is 2.12. The number of carbonyl (C=O) groups excluding carboxylic acids is 2. The van der Waals surface area contributed by atoms with Crippen molar-refractivity contribution in [2.24, 2.45) is 5.92 Å². The van der Waals surface area contributed by atoms with E-state index in [1.54, 1.807) is 23.1 Å². The number of halogens is 1. The molecule has 0 aliphatic carbocycles. The average molecular weight is 470 g/mol. The lowest BCUT2D eigenvalue weighted by molar-refractivity contribution is -0.118. The Morgan fingerprint density at radius 3 is 2.53 bits per heavy atom. The molecule has 2 N–H and O–H groups in total. The molecule has 1 aromatic heterocycles. The van der Waals surface area contributed by atoms with Gasteiger partial charge >= 0.3 is 0 Å². The lowest BCUT2D eigenvalue weighted by Gasteiger charge is -2.21. The first-order valence-electron chi connectivity index (χ1n) is 9.64. The second kappa shape index (κ2) is 9.67. The summed E-state index contributed by atoms with van der Waals surface area (Å²) < 4.78 is 2.65. The van der Waals surface area contributed by atoms with Gasteiger partial charge in [-0.05, 0) is 42.7 Å². The van der Waals surface area contributed by atoms with Crippen molar-refractivity contribution >= 4 is 33.7 Å². The molecule has 3 aromatic rings. The maximum atomic E-state index is 12.8. The van der Waals surface area contributed by atoms with Gasteiger partial charge in [0, 0.05) is 10.0 Å². The Bertz CT molecular complexity index is 1030. The first-order chi connectivity index (χ1) is 14.3. The van der Waals surface area contributed by atoms with Crippen LogP contribution in [0.25, 0.3) is 0 Å². The maximum Gasteiger partial charge on any atom is 0.251 e. The molecule has 156 valence electrons. The Morgan fingerprint density at radius 2 is 1.87 bits per heavy atom. The molecule has 0 saturated carbocycles. The third kappa shape index (κ3) is 5.76. The number of carbonyl (C=O) groups is 2. The second-order valence-electron chi connectivity index (χ2n) is 7.45. The van der Waals surface area contributed by atoms with Crippen LogP contribution in [0, 0.1) is 12.8 Å². The molecule has 1 unspecified atom stereocenters. The summed E-state index contributed by atoms with van der Waals surface area (Å²) in [6.07, 6.45) is 1.56. The molecule has 7 nitrogen and oxygen atoms in total. The van der Waals surface area contributed by atoms with Crippen molar-refractivity contribution in [2.45, 2.75) is 33.4 Å². The number of aryl methyl sites for hydroxylation is 1. The van der Waals surface area contributed by atoms with Crippen molar-refractivity contribution in [3.8, 4) is 0 Å². The van der Waals surface area contributed by atoms with E-state index in [0.717, 1.165) is 15.6 Å². The van der Waals surface area contributed by atoms with E-state index in [0.29, 0.717) is 12.1 Å². The van der Waals surface area contributed by atoms with Gasteiger partial charge < -0.3 is 5.32 Å². The zero-order valence-corrected chi connectivity index (χ0v) is 18.7. The van der Waals surface area contributed by atoms with Crippen LogP contribution in [0.2, 0.25) is 0 Å². The smallest absolute Gasteiger partial charge is 0.251 e. The van der Waals surface area contributed by atoms with Gasteiger partial charge in [-0.3, -0.25) is 14.9 Å². The Balaban J connectivity index is 1.64. The minimum Gasteiger partial charge on any atom is -0.340 e. The average Bonchev–Trinajstić information content (AvgIpc) is 3.14. The summed E-state index contributed by atoms with van der Waals surface area (Å²) in [6.45, 7) is 6.20. The zero-order chi connectivity index (χ0) is 21.7. The van der Waals surface area contributed by atoms with Gasteiger partial charge in [-0.2, -0.15) is 0 Å². The molecule has 1 heterocycles. The quantitative estimate of drug-likeness (QED) is 0.550. The van der Waals surface area contributed by atoms with Crippen LogP contribution in [0.3, 0.4) is 0 Å². The van der Waals surface area contributed by atoms with Gasteiger partial charge in [-0.15, -0.1) is 5.10 Å². The van der Waals surface area contributed by atoms with Gasteiger partial charge in [0.05, 0.1) is 6.54 Å². The number of anilines is 1. The largest absolute Gasteiger partial charge is 0.340 e. The molecule has 0 bridgehead atoms. The van der Waals surface area contributed by atoms with E-state index < -0.39 is 6.04 Å². The third-order valence-electron chi connectivity index (χ3n) is 4.55. The fraction of sp³-hybridized carbons (Fsp3) is 0.273. The minimum atomic E-state index is -0.712. The molecular formula is C22H24BrN5O2. The summed E-state index contributed by atoms with van der Waals surface area (Å²) in [5.74, 6) is -0.551. The lowest BCUT2D eigenvalue weighted by atomic mass is 10.0. The normalized spacial score (nSPS) is 11.9. The van der Waals surface area contributed by atoms with E-state index in [9.17, 15) is 9.59 Å². The van der Waals surface area contributed by atoms with Crippen LogP contribution in [0.1, 0.15) is 35.3 Å². The fourth-order valence-corrected chi connectivity index (χ4v) is 3.20. The highest BCUT2D eigenvalue weighted by atomic mass is 79.9. The highest BCUT2D eigenvalue weighted by molar-refractivity contribution is 9.10. The Morgan fingerprint density at radius 1 is 1.13 bits per heavy atom. The first kappa shape index (κ1) is 21.7. The minimum absolute atomic E-state index is 0.108. The van der Waals surface area contributed by atoms with Crippen LogP contribution in [0.5, 0.6) is 0 Å². The zero-order valence-electron chi connectivity index (χ0n) is 17.1. The van der Waals surface area contributed by atoms with Gasteiger partial charge in [0.1, 0.15) is 12.4 Å². The van der Waals surface area contributed by atoms with Crippen LogP contribution < -0.4 is 10.6 Å². The van der Waals surface area contributed by atoms with Crippen molar-refractivity contribution in [1.82, 2.24) is 20.1 Å². The molecule has 0 spiro atoms. The number of aromatic nitrogens is 3. The molecule has 1 atom stereocenters. The molecule has 0 saturated heterocycles. The molecule has 30 heavy (non-hydrogen) atoms. The fourth-order valence-electron chi connectivity index (χ4n) is 2.94. The number of benzene rings is 2. The van der Waals surface area contributed by atoms with Gasteiger partial charge in [-0.25, -0.2) is 9.67 Å². The van der Waals surface area contributed by atoms with E-state index in [2.05, 4.69) is 36.6 Å². The number of rotatable bonds is 7. The predicted molar refractivity (Wildman–Crippen MR) is 119 cm³/mol. The topological polar surface area (TPSA) is 88.9 Å². The van der Waals surface area contributed by atoms with Crippen molar-refractivity contribution < 1.29 is 9.59 Å². The Labute approximate surface area is 184 Å². The summed E-state index contributed by atoms with van der Waals surface area (Å²) >= 11 is 3.41. The van der Waals surface area contributed by atoms with E-state index in [-0.39, 0.29) is 23.7 Å². The highest BCUT2D eigenvalue weighted by Gasteiger charge is 2.25. The summed E-state index contributed by atoms with van der Waals surface area (Å²) in [5, 5.41) is 9.82. The van der Waals surface area contributed by atoms with Crippen LogP contribution in [0.15, 0.2) is 59.3 Å². The third-order valence-corrected chi connectivity index (χ3v) is 5.07. The number of nitrogens with zero attached hydrogens (tertiary/aromatic N) is 3. The van der Waals surface area contributed by atoms with Gasteiger partial charge in [0.2, 0.25) is 11.9 Å². The second-order valence-corrected chi connectivity index (χ2v) is 8.36. The van der Waals surface area contributed by atoms with Crippen molar-refractivity contribution in [1.29, 1.82) is 0 Å². The molecule has 3 rings (SSSR count).